The average Bonchev–Trinajstić information content (AvgIpc) is 3.40. The number of benzene rings is 2. The van der Waals surface area contributed by atoms with Crippen molar-refractivity contribution in [1.82, 2.24) is 15.2 Å². The number of nitrogens with two attached hydrogens (primary N) is 2. The van der Waals surface area contributed by atoms with Crippen molar-refractivity contribution in [2.75, 3.05) is 11.1 Å². The van der Waals surface area contributed by atoms with E-state index in [2.05, 4.69) is 32.6 Å². The van der Waals surface area contributed by atoms with Crippen LogP contribution in [0.4, 0.5) is 11.5 Å². The summed E-state index contributed by atoms with van der Waals surface area (Å²) in [5.74, 6) is -1.02. The maximum atomic E-state index is 12.3. The van der Waals surface area contributed by atoms with Crippen LogP contribution in [0.2, 0.25) is 0 Å². The molecule has 150 valence electrons. The SMILES string of the molecule is Cc1cc2[nH]ncc2cc1-c1cc(N)c2cnc(NC(=O)[C@H]3C[C@@H]3C(N)=O)cc2c1. The lowest BCUT2D eigenvalue weighted by molar-refractivity contribution is -0.123. The van der Waals surface area contributed by atoms with E-state index in [1.165, 1.54) is 0 Å². The van der Waals surface area contributed by atoms with E-state index in [0.29, 0.717) is 17.9 Å². The van der Waals surface area contributed by atoms with Crippen LogP contribution >= 0.6 is 0 Å². The van der Waals surface area contributed by atoms with Crippen molar-refractivity contribution in [3.63, 3.8) is 0 Å². The number of pyridine rings is 1. The molecular formula is C22H20N6O2. The quantitative estimate of drug-likeness (QED) is 0.390. The van der Waals surface area contributed by atoms with Gasteiger partial charge in [-0.1, -0.05) is 0 Å². The summed E-state index contributed by atoms with van der Waals surface area (Å²) in [6.45, 7) is 2.04. The molecule has 0 spiro atoms. The Kier molecular flexibility index (Phi) is 3.95. The van der Waals surface area contributed by atoms with Gasteiger partial charge in [0.25, 0.3) is 0 Å². The van der Waals surface area contributed by atoms with Crippen LogP contribution in [0.15, 0.2) is 42.7 Å². The maximum Gasteiger partial charge on any atom is 0.229 e. The first kappa shape index (κ1) is 18.1. The first-order valence-electron chi connectivity index (χ1n) is 9.64. The number of carbonyl (C=O) groups is 2. The van der Waals surface area contributed by atoms with Crippen LogP contribution in [0.1, 0.15) is 12.0 Å². The van der Waals surface area contributed by atoms with Crippen LogP contribution in [-0.4, -0.2) is 27.0 Å². The molecule has 0 bridgehead atoms. The van der Waals surface area contributed by atoms with E-state index in [-0.39, 0.29) is 17.7 Å². The van der Waals surface area contributed by atoms with E-state index in [1.807, 2.05) is 19.1 Å². The van der Waals surface area contributed by atoms with Crippen molar-refractivity contribution in [3.05, 3.63) is 48.3 Å². The summed E-state index contributed by atoms with van der Waals surface area (Å²) in [5.41, 5.74) is 16.3. The van der Waals surface area contributed by atoms with Crippen LogP contribution in [0.25, 0.3) is 32.8 Å². The van der Waals surface area contributed by atoms with Gasteiger partial charge in [-0.05, 0) is 65.8 Å². The molecule has 2 aromatic heterocycles. The zero-order chi connectivity index (χ0) is 21.0. The minimum Gasteiger partial charge on any atom is -0.398 e. The van der Waals surface area contributed by atoms with Crippen LogP contribution in [0, 0.1) is 18.8 Å². The molecule has 30 heavy (non-hydrogen) atoms. The van der Waals surface area contributed by atoms with Crippen LogP contribution in [0.3, 0.4) is 0 Å². The Morgan fingerprint density at radius 3 is 2.70 bits per heavy atom. The second-order valence-electron chi connectivity index (χ2n) is 7.82. The minimum atomic E-state index is -0.441. The number of hydrogen-bond acceptors (Lipinski definition) is 5. The number of carbonyl (C=O) groups excluding carboxylic acids is 2. The summed E-state index contributed by atoms with van der Waals surface area (Å²) in [6.07, 6.45) is 3.92. The highest BCUT2D eigenvalue weighted by molar-refractivity contribution is 6.02. The molecule has 1 aliphatic rings. The van der Waals surface area contributed by atoms with Crippen molar-refractivity contribution < 1.29 is 9.59 Å². The van der Waals surface area contributed by atoms with Gasteiger partial charge in [-0.3, -0.25) is 14.7 Å². The fraction of sp³-hybridized carbons (Fsp3) is 0.182. The third-order valence-electron chi connectivity index (χ3n) is 5.71. The molecule has 8 heteroatoms. The van der Waals surface area contributed by atoms with Crippen molar-refractivity contribution in [2.45, 2.75) is 13.3 Å². The van der Waals surface area contributed by atoms with Crippen LogP contribution in [0.5, 0.6) is 0 Å². The maximum absolute atomic E-state index is 12.3. The number of anilines is 2. The lowest BCUT2D eigenvalue weighted by atomic mass is 9.96. The van der Waals surface area contributed by atoms with Crippen LogP contribution in [-0.2, 0) is 9.59 Å². The highest BCUT2D eigenvalue weighted by atomic mass is 16.2. The van der Waals surface area contributed by atoms with Crippen LogP contribution < -0.4 is 16.8 Å². The number of nitrogens with zero attached hydrogens (tertiary/aromatic N) is 2. The number of H-pyrrole nitrogens is 1. The summed E-state index contributed by atoms with van der Waals surface area (Å²) in [7, 11) is 0. The second-order valence-corrected chi connectivity index (χ2v) is 7.82. The Bertz CT molecular complexity index is 1340. The van der Waals surface area contributed by atoms with Gasteiger partial charge in [0.15, 0.2) is 0 Å². The number of nitrogens with one attached hydrogen (secondary N) is 2. The van der Waals surface area contributed by atoms with Gasteiger partial charge in [0.05, 0.1) is 23.5 Å². The van der Waals surface area contributed by atoms with E-state index in [4.69, 9.17) is 11.5 Å². The Morgan fingerprint density at radius 2 is 1.93 bits per heavy atom. The fourth-order valence-corrected chi connectivity index (χ4v) is 3.94. The Labute approximate surface area is 171 Å². The number of primary amides is 1. The highest BCUT2D eigenvalue weighted by Gasteiger charge is 2.47. The van der Waals surface area contributed by atoms with Gasteiger partial charge in [0.2, 0.25) is 11.8 Å². The monoisotopic (exact) mass is 400 g/mol. The molecule has 0 saturated heterocycles. The normalized spacial score (nSPS) is 17.9. The van der Waals surface area contributed by atoms with Crippen molar-refractivity contribution in [2.24, 2.45) is 17.6 Å². The summed E-state index contributed by atoms with van der Waals surface area (Å²) < 4.78 is 0. The lowest BCUT2D eigenvalue weighted by Crippen LogP contribution is -2.21. The zero-order valence-electron chi connectivity index (χ0n) is 16.3. The predicted molar refractivity (Wildman–Crippen MR) is 115 cm³/mol. The molecule has 6 N–H and O–H groups in total. The molecule has 2 heterocycles. The lowest BCUT2D eigenvalue weighted by Gasteiger charge is -2.11. The third-order valence-corrected chi connectivity index (χ3v) is 5.71. The molecule has 0 aliphatic heterocycles. The van der Waals surface area contributed by atoms with Gasteiger partial charge in [0, 0.05) is 22.7 Å². The molecule has 2 amide bonds. The smallest absolute Gasteiger partial charge is 0.229 e. The van der Waals surface area contributed by atoms with Crippen molar-refractivity contribution in [3.8, 4) is 11.1 Å². The highest BCUT2D eigenvalue weighted by Crippen LogP contribution is 2.39. The molecule has 8 nitrogen and oxygen atoms in total. The molecular weight excluding hydrogens is 380 g/mol. The number of aromatic amines is 1. The molecule has 1 saturated carbocycles. The third kappa shape index (κ3) is 3.02. The largest absolute Gasteiger partial charge is 0.398 e. The zero-order valence-corrected chi connectivity index (χ0v) is 16.3. The van der Waals surface area contributed by atoms with E-state index in [1.54, 1.807) is 18.5 Å². The van der Waals surface area contributed by atoms with Gasteiger partial charge in [0.1, 0.15) is 5.82 Å². The Morgan fingerprint density at radius 1 is 1.10 bits per heavy atom. The fourth-order valence-electron chi connectivity index (χ4n) is 3.94. The van der Waals surface area contributed by atoms with E-state index >= 15 is 0 Å². The Balaban J connectivity index is 1.51. The van der Waals surface area contributed by atoms with Gasteiger partial charge in [-0.2, -0.15) is 5.10 Å². The van der Waals surface area contributed by atoms with Gasteiger partial charge in [-0.25, -0.2) is 4.98 Å². The molecule has 4 aromatic rings. The summed E-state index contributed by atoms with van der Waals surface area (Å²) in [5, 5.41) is 12.5. The van der Waals surface area contributed by atoms with E-state index < -0.39 is 5.91 Å². The number of rotatable bonds is 4. The molecule has 1 aliphatic carbocycles. The first-order valence-corrected chi connectivity index (χ1v) is 9.64. The number of hydrogen-bond donors (Lipinski definition) is 4. The number of amides is 2. The summed E-state index contributed by atoms with van der Waals surface area (Å²) >= 11 is 0. The molecule has 0 radical (unpaired) electrons. The van der Waals surface area contributed by atoms with Gasteiger partial charge in [-0.15, -0.1) is 0 Å². The first-order chi connectivity index (χ1) is 14.4. The predicted octanol–water partition coefficient (Wildman–Crippen LogP) is 2.73. The standard InChI is InChI=1S/C22H20N6O2/c1-10-2-19-13(8-26-28-19)4-14(10)11-3-12-6-20(25-9-17(12)18(23)5-11)27-22(30)16-7-15(16)21(24)29/h2-6,8-9,15-16H,7,23H2,1H3,(H2,24,29)(H,26,28)(H,25,27,30)/t15-,16-/m0/s1. The summed E-state index contributed by atoms with van der Waals surface area (Å²) in [4.78, 5) is 27.8. The minimum absolute atomic E-state index is 0.240. The number of aromatic nitrogens is 3. The molecule has 2 atom stereocenters. The molecule has 5 rings (SSSR count). The van der Waals surface area contributed by atoms with Gasteiger partial charge < -0.3 is 16.8 Å². The van der Waals surface area contributed by atoms with Gasteiger partial charge >= 0.3 is 0 Å². The molecule has 1 fully saturated rings. The van der Waals surface area contributed by atoms with E-state index in [9.17, 15) is 9.59 Å². The van der Waals surface area contributed by atoms with Crippen molar-refractivity contribution in [1.29, 1.82) is 0 Å². The number of fused-ring (bicyclic) bond motifs is 2. The molecule has 2 aromatic carbocycles. The summed E-state index contributed by atoms with van der Waals surface area (Å²) in [6, 6.07) is 9.88. The topological polar surface area (TPSA) is 140 Å². The number of aryl methyl sites for hydroxylation is 1. The second kappa shape index (κ2) is 6.55. The van der Waals surface area contributed by atoms with E-state index in [0.717, 1.165) is 38.4 Å². The Hall–Kier alpha value is -3.94. The van der Waals surface area contributed by atoms with Crippen molar-refractivity contribution >= 4 is 45.0 Å². The number of nitrogen functional groups attached to an aromatic ring is 1. The average molecular weight is 400 g/mol. The molecule has 0 unspecified atom stereocenters.